The van der Waals surface area contributed by atoms with Crippen molar-refractivity contribution in [3.63, 3.8) is 0 Å². The summed E-state index contributed by atoms with van der Waals surface area (Å²) in [4.78, 5) is 72.7. The summed E-state index contributed by atoms with van der Waals surface area (Å²) in [5.41, 5.74) is 4.63. The standard InChI is InChI=1S/C13H14INO2S.C13H13NO2.C12H10INO2.CH4S.HI.Na/c1-18-11-8-12(16)15(13(11)17)7-6-9-2-4-10(14)5-3-9;1-10-2-4-11(5-3-10)8-9-14-12(15)6-7-13(14)16;13-10-3-1-9(2-4-10)7-8-14-11(15)5-6-12(14)16;1-2;;/h2-5,11H,6-8H2,1H3;2-7H,8-9H2,1H3;1-6H,7-8H2;2H,1H3;1H;/q;;;;;+1/p-1/i14-3;;13-3;;1-3;. The first-order valence-corrected chi connectivity index (χ1v) is 20.7. The molecule has 0 radical (unpaired) electrons. The Morgan fingerprint density at radius 1 is 0.593 bits per heavy atom. The minimum atomic E-state index is -0.212. The molecule has 9 nitrogen and oxygen atoms in total. The summed E-state index contributed by atoms with van der Waals surface area (Å²) in [7, 11) is 0. The van der Waals surface area contributed by atoms with Gasteiger partial charge in [0.2, 0.25) is 11.8 Å². The number of carbonyl (C=O) groups excluding carboxylic acids is 6. The van der Waals surface area contributed by atoms with E-state index in [1.807, 2.05) is 86.0 Å². The number of nitrogens with zero attached hydrogens (tertiary/aromatic N) is 3. The molecule has 1 fully saturated rings. The average Bonchev–Trinajstić information content (AvgIpc) is 3.75. The van der Waals surface area contributed by atoms with Crippen LogP contribution >= 0.6 is 69.6 Å². The predicted molar refractivity (Wildman–Crippen MR) is 226 cm³/mol. The van der Waals surface area contributed by atoms with Crippen molar-refractivity contribution < 1.29 is 82.3 Å². The third kappa shape index (κ3) is 16.1. The second-order valence-electron chi connectivity index (χ2n) is 11.6. The molecular weight excluding hydrogens is 1070 g/mol. The van der Waals surface area contributed by atoms with Gasteiger partial charge in [0.1, 0.15) is 0 Å². The summed E-state index contributed by atoms with van der Waals surface area (Å²) in [6, 6.07) is 24.3. The maximum absolute atomic E-state index is 11.9. The number of rotatable bonds is 10. The van der Waals surface area contributed by atoms with Gasteiger partial charge in [-0.25, -0.2) is 0 Å². The molecule has 1 unspecified atom stereocenters. The number of likely N-dealkylation sites (tertiary alicyclic amines) is 1. The van der Waals surface area contributed by atoms with Crippen LogP contribution in [0.2, 0.25) is 0 Å². The summed E-state index contributed by atoms with van der Waals surface area (Å²) in [5.74, 6) is -0.914. The number of thioether (sulfide) groups is 1. The Balaban J connectivity index is 0.000000389. The van der Waals surface area contributed by atoms with Gasteiger partial charge < -0.3 is 24.0 Å². The van der Waals surface area contributed by atoms with Gasteiger partial charge in [-0.3, -0.25) is 43.5 Å². The quantitative estimate of drug-likeness (QED) is 0.133. The van der Waals surface area contributed by atoms with Crippen molar-refractivity contribution in [3.8, 4) is 0 Å². The first-order valence-electron chi connectivity index (χ1n) is 16.4. The number of hydrogen-bond donors (Lipinski definition) is 1. The molecule has 54 heavy (non-hydrogen) atoms. The first kappa shape index (κ1) is 50.5. The molecule has 6 rings (SSSR count). The van der Waals surface area contributed by atoms with Gasteiger partial charge in [0.25, 0.3) is 23.6 Å². The van der Waals surface area contributed by atoms with Crippen LogP contribution in [-0.2, 0) is 48.0 Å². The van der Waals surface area contributed by atoms with E-state index in [2.05, 4.69) is 57.8 Å². The molecule has 3 aromatic rings. The number of carbonyl (C=O) groups is 6. The zero-order valence-corrected chi connectivity index (χ0v) is 40.7. The molecule has 0 aliphatic carbocycles. The fraction of sp³-hybridized carbons (Fsp3) is 0.282. The summed E-state index contributed by atoms with van der Waals surface area (Å²) in [5, 5.41) is -0.172. The molecular formula is C39H41I3N3NaO6S2. The molecule has 6 amide bonds. The van der Waals surface area contributed by atoms with Crippen molar-refractivity contribution in [2.24, 2.45) is 0 Å². The van der Waals surface area contributed by atoms with E-state index in [0.717, 1.165) is 23.1 Å². The molecule has 0 saturated carbocycles. The van der Waals surface area contributed by atoms with Crippen molar-refractivity contribution in [3.05, 3.63) is 126 Å². The van der Waals surface area contributed by atoms with E-state index in [9.17, 15) is 28.8 Å². The first-order chi connectivity index (χ1) is 24.9. The van der Waals surface area contributed by atoms with Crippen LogP contribution < -0.4 is 53.5 Å². The van der Waals surface area contributed by atoms with Crippen LogP contribution in [0.15, 0.2) is 97.1 Å². The molecule has 3 aromatic carbocycles. The second kappa shape index (κ2) is 26.4. The molecule has 3 aliphatic heterocycles. The number of imide groups is 3. The molecule has 15 heteroatoms. The molecule has 1 saturated heterocycles. The fourth-order valence-corrected chi connectivity index (χ4v) is 6.51. The number of hydrogen-bond acceptors (Lipinski definition) is 8. The molecule has 0 bridgehead atoms. The van der Waals surface area contributed by atoms with E-state index < -0.39 is 0 Å². The Kier molecular flexibility index (Phi) is 24.7. The van der Waals surface area contributed by atoms with Crippen molar-refractivity contribution in [2.45, 2.75) is 37.9 Å². The Morgan fingerprint density at radius 2 is 0.907 bits per heavy atom. The van der Waals surface area contributed by atoms with Crippen LogP contribution in [0.1, 0.15) is 28.7 Å². The van der Waals surface area contributed by atoms with Crippen molar-refractivity contribution in [1.29, 1.82) is 0 Å². The van der Waals surface area contributed by atoms with Gasteiger partial charge in [-0.1, -0.05) is 54.1 Å². The van der Waals surface area contributed by atoms with Crippen LogP contribution in [0.4, 0.5) is 0 Å². The minimum absolute atomic E-state index is 0. The van der Waals surface area contributed by atoms with Gasteiger partial charge >= 0.3 is 29.6 Å². The van der Waals surface area contributed by atoms with E-state index in [0.29, 0.717) is 38.9 Å². The van der Waals surface area contributed by atoms with Gasteiger partial charge in [-0.2, -0.15) is 24.4 Å². The van der Waals surface area contributed by atoms with E-state index >= 15 is 0 Å². The van der Waals surface area contributed by atoms with Crippen LogP contribution in [0.3, 0.4) is 0 Å². The Morgan fingerprint density at radius 3 is 1.22 bits per heavy atom. The van der Waals surface area contributed by atoms with Gasteiger partial charge in [-0.15, -0.1) is 0 Å². The van der Waals surface area contributed by atoms with Crippen molar-refractivity contribution >= 4 is 105 Å². The summed E-state index contributed by atoms with van der Waals surface area (Å²) >= 11 is 9.48. The molecule has 0 N–H and O–H groups in total. The minimum Gasteiger partial charge on any atom is -1.00 e. The maximum Gasteiger partial charge on any atom is 1.00 e. The monoisotopic (exact) mass is 1110 g/mol. The molecule has 1 atom stereocenters. The van der Waals surface area contributed by atoms with Crippen LogP contribution in [0.25, 0.3) is 0 Å². The zero-order chi connectivity index (χ0) is 38.2. The van der Waals surface area contributed by atoms with E-state index in [1.54, 1.807) is 6.26 Å². The Hall–Kier alpha value is -1.55. The van der Waals surface area contributed by atoms with Crippen molar-refractivity contribution in [1.82, 2.24) is 14.7 Å². The third-order valence-corrected chi connectivity index (χ3v) is 10.5. The fourth-order valence-electron chi connectivity index (χ4n) is 5.15. The number of halogens is 3. The number of thiol groups is 1. The Bertz CT molecular complexity index is 1670. The van der Waals surface area contributed by atoms with Crippen molar-refractivity contribution in [2.75, 3.05) is 32.1 Å². The van der Waals surface area contributed by atoms with Gasteiger partial charge in [0.15, 0.2) is 0 Å². The average molecular weight is 1110 g/mol. The van der Waals surface area contributed by atoms with Gasteiger partial charge in [-0.05, 0) is 125 Å². The summed E-state index contributed by atoms with van der Waals surface area (Å²) in [6.45, 7) is 3.43. The smallest absolute Gasteiger partial charge is 1.00 e. The molecule has 0 aromatic heterocycles. The molecule has 3 heterocycles. The Labute approximate surface area is 393 Å². The van der Waals surface area contributed by atoms with E-state index in [4.69, 9.17) is 0 Å². The normalized spacial score (nSPS) is 15.5. The number of benzene rings is 3. The number of aryl methyl sites for hydroxylation is 1. The SMILES string of the molecule is CS.CSC1CC(=O)N(CCc2ccc([124I])cc2)C1=O.Cc1ccc(CCN2C(=O)C=CC2=O)cc1.O=C1C=CC(=O)N1CCc1ccc([124I])cc1.[124I-].[Na+]. The molecule has 282 valence electrons. The van der Waals surface area contributed by atoms with Crippen LogP contribution in [0, 0.1) is 14.1 Å². The van der Waals surface area contributed by atoms with E-state index in [1.165, 1.54) is 63.5 Å². The molecule has 0 spiro atoms. The van der Waals surface area contributed by atoms with Crippen LogP contribution in [0.5, 0.6) is 0 Å². The van der Waals surface area contributed by atoms with Gasteiger partial charge in [0, 0.05) is 57.5 Å². The summed E-state index contributed by atoms with van der Waals surface area (Å²) in [6.07, 6.45) is 11.3. The zero-order valence-electron chi connectivity index (χ0n) is 30.5. The largest absolute Gasteiger partial charge is 1.00 e. The third-order valence-electron chi connectivity index (χ3n) is 8.11. The predicted octanol–water partition coefficient (Wildman–Crippen LogP) is 0.0994. The van der Waals surface area contributed by atoms with Crippen LogP contribution in [-0.4, -0.2) is 87.5 Å². The topological polar surface area (TPSA) is 112 Å². The summed E-state index contributed by atoms with van der Waals surface area (Å²) < 4.78 is 2.36. The molecule has 3 aliphatic rings. The van der Waals surface area contributed by atoms with E-state index in [-0.39, 0.29) is 94.2 Å². The second-order valence-corrected chi connectivity index (χ2v) is 15.2. The van der Waals surface area contributed by atoms with Gasteiger partial charge in [0.05, 0.1) is 5.25 Å². The number of amides is 6. The maximum atomic E-state index is 11.9.